The number of hydrogen-bond donors (Lipinski definition) is 2. The van der Waals surface area contributed by atoms with Gasteiger partial charge in [-0.3, -0.25) is 23.9 Å². The second-order valence-electron chi connectivity index (χ2n) is 8.15. The van der Waals surface area contributed by atoms with E-state index in [0.717, 1.165) is 12.0 Å². The molecule has 2 aromatic rings. The maximum Gasteiger partial charge on any atom is 0.330 e. The Morgan fingerprint density at radius 2 is 1.91 bits per heavy atom. The number of halogens is 1. The van der Waals surface area contributed by atoms with Crippen LogP contribution in [0.25, 0.3) is 0 Å². The summed E-state index contributed by atoms with van der Waals surface area (Å²) in [5.74, 6) is -2.04. The minimum atomic E-state index is -0.765. The Morgan fingerprint density at radius 1 is 1.21 bits per heavy atom. The Labute approximate surface area is 190 Å². The van der Waals surface area contributed by atoms with E-state index in [1.807, 2.05) is 13.8 Å². The molecule has 0 saturated heterocycles. The van der Waals surface area contributed by atoms with E-state index in [1.54, 1.807) is 12.1 Å². The molecule has 1 aliphatic rings. The number of amides is 1. The van der Waals surface area contributed by atoms with E-state index in [-0.39, 0.29) is 36.3 Å². The summed E-state index contributed by atoms with van der Waals surface area (Å²) in [6.45, 7) is 3.70. The molecule has 1 aliphatic carbocycles. The van der Waals surface area contributed by atoms with Gasteiger partial charge in [-0.15, -0.1) is 0 Å². The number of aromatic amines is 1. The molecule has 3 rings (SSSR count). The summed E-state index contributed by atoms with van der Waals surface area (Å²) in [7, 11) is 0. The van der Waals surface area contributed by atoms with Crippen LogP contribution < -0.4 is 21.9 Å². The molecule has 1 heterocycles. The first-order valence-corrected chi connectivity index (χ1v) is 11.1. The standard InChI is InChI=1S/C23H29FN4O5/c1-3-5-11-27(19-20(25)28(10-4-2)23(32)26-21(19)30)18(29)13-33-22(31)17-12-16(17)14-6-8-15(24)9-7-14/h6-9,16-17H,3-5,10-13,25H2,1-2H3,(H,26,30,32). The van der Waals surface area contributed by atoms with Crippen molar-refractivity contribution in [1.82, 2.24) is 9.55 Å². The van der Waals surface area contributed by atoms with Crippen LogP contribution in [-0.4, -0.2) is 34.6 Å². The van der Waals surface area contributed by atoms with Crippen LogP contribution in [0, 0.1) is 11.7 Å². The van der Waals surface area contributed by atoms with Gasteiger partial charge in [0, 0.05) is 13.1 Å². The monoisotopic (exact) mass is 460 g/mol. The second kappa shape index (κ2) is 10.5. The number of H-pyrrole nitrogens is 1. The fourth-order valence-corrected chi connectivity index (χ4v) is 3.81. The van der Waals surface area contributed by atoms with E-state index in [9.17, 15) is 23.6 Å². The minimum Gasteiger partial charge on any atom is -0.455 e. The van der Waals surface area contributed by atoms with Gasteiger partial charge < -0.3 is 15.4 Å². The molecule has 1 aromatic carbocycles. The van der Waals surface area contributed by atoms with Crippen molar-refractivity contribution in [3.05, 3.63) is 56.5 Å². The number of nitrogen functional groups attached to an aromatic ring is 1. The molecule has 0 bridgehead atoms. The fraction of sp³-hybridized carbons (Fsp3) is 0.478. The van der Waals surface area contributed by atoms with Gasteiger partial charge in [0.1, 0.15) is 11.6 Å². The predicted octanol–water partition coefficient (Wildman–Crippen LogP) is 2.15. The molecule has 1 aromatic heterocycles. The summed E-state index contributed by atoms with van der Waals surface area (Å²) < 4.78 is 19.6. The Kier molecular flexibility index (Phi) is 7.67. The number of nitrogens with two attached hydrogens (primary N) is 1. The molecule has 33 heavy (non-hydrogen) atoms. The zero-order chi connectivity index (χ0) is 24.1. The molecule has 2 unspecified atom stereocenters. The highest BCUT2D eigenvalue weighted by Gasteiger charge is 2.45. The lowest BCUT2D eigenvalue weighted by Crippen LogP contribution is -2.43. The summed E-state index contributed by atoms with van der Waals surface area (Å²) in [6, 6.07) is 5.94. The number of hydrogen-bond acceptors (Lipinski definition) is 6. The van der Waals surface area contributed by atoms with Crippen molar-refractivity contribution in [2.45, 2.75) is 52.0 Å². The normalized spacial score (nSPS) is 16.9. The Morgan fingerprint density at radius 3 is 2.55 bits per heavy atom. The van der Waals surface area contributed by atoms with Crippen molar-refractivity contribution in [3.63, 3.8) is 0 Å². The lowest BCUT2D eigenvalue weighted by Gasteiger charge is -2.24. The molecule has 2 atom stereocenters. The number of nitrogens with zero attached hydrogens (tertiary/aromatic N) is 2. The number of nitrogens with one attached hydrogen (secondary N) is 1. The number of anilines is 2. The molecule has 1 saturated carbocycles. The maximum absolute atomic E-state index is 13.1. The van der Waals surface area contributed by atoms with Gasteiger partial charge in [0.2, 0.25) is 0 Å². The van der Waals surface area contributed by atoms with E-state index in [2.05, 4.69) is 4.98 Å². The van der Waals surface area contributed by atoms with Crippen molar-refractivity contribution in [1.29, 1.82) is 0 Å². The lowest BCUT2D eigenvalue weighted by molar-refractivity contribution is -0.149. The Balaban J connectivity index is 1.72. The van der Waals surface area contributed by atoms with Crippen molar-refractivity contribution in [3.8, 4) is 0 Å². The highest BCUT2D eigenvalue weighted by Crippen LogP contribution is 2.48. The molecular formula is C23H29FN4O5. The number of esters is 1. The van der Waals surface area contributed by atoms with E-state index >= 15 is 0 Å². The summed E-state index contributed by atoms with van der Waals surface area (Å²) in [6.07, 6.45) is 2.50. The Hall–Kier alpha value is -3.43. The lowest BCUT2D eigenvalue weighted by atomic mass is 10.1. The zero-order valence-electron chi connectivity index (χ0n) is 18.8. The third-order valence-corrected chi connectivity index (χ3v) is 5.70. The molecule has 3 N–H and O–H groups in total. The second-order valence-corrected chi connectivity index (χ2v) is 8.15. The van der Waals surface area contributed by atoms with E-state index in [1.165, 1.54) is 21.6 Å². The first-order valence-electron chi connectivity index (χ1n) is 11.1. The third-order valence-electron chi connectivity index (χ3n) is 5.70. The summed E-state index contributed by atoms with van der Waals surface area (Å²) in [4.78, 5) is 53.4. The largest absolute Gasteiger partial charge is 0.455 e. The zero-order valence-corrected chi connectivity index (χ0v) is 18.8. The third kappa shape index (κ3) is 5.50. The molecule has 0 aliphatic heterocycles. The smallest absolute Gasteiger partial charge is 0.330 e. The van der Waals surface area contributed by atoms with Crippen molar-refractivity contribution < 1.29 is 18.7 Å². The van der Waals surface area contributed by atoms with Gasteiger partial charge in [0.15, 0.2) is 12.3 Å². The number of benzene rings is 1. The van der Waals surface area contributed by atoms with Crippen LogP contribution in [0.15, 0.2) is 33.9 Å². The fourth-order valence-electron chi connectivity index (χ4n) is 3.81. The van der Waals surface area contributed by atoms with Crippen molar-refractivity contribution in [2.75, 3.05) is 23.8 Å². The van der Waals surface area contributed by atoms with Crippen LogP contribution in [0.2, 0.25) is 0 Å². The maximum atomic E-state index is 13.1. The van der Waals surface area contributed by atoms with Gasteiger partial charge in [-0.05, 0) is 42.9 Å². The van der Waals surface area contributed by atoms with Crippen LogP contribution in [0.3, 0.4) is 0 Å². The molecule has 178 valence electrons. The number of carbonyl (C=O) groups is 2. The average Bonchev–Trinajstić information content (AvgIpc) is 3.58. The molecule has 0 spiro atoms. The van der Waals surface area contributed by atoms with Crippen molar-refractivity contribution >= 4 is 23.4 Å². The number of ether oxygens (including phenoxy) is 1. The Bertz CT molecular complexity index is 1130. The van der Waals surface area contributed by atoms with Crippen LogP contribution in [0.1, 0.15) is 51.0 Å². The molecular weight excluding hydrogens is 431 g/mol. The number of aromatic nitrogens is 2. The van der Waals surface area contributed by atoms with Gasteiger partial charge in [-0.2, -0.15) is 0 Å². The highest BCUT2D eigenvalue weighted by atomic mass is 19.1. The first kappa shape index (κ1) is 24.2. The summed E-state index contributed by atoms with van der Waals surface area (Å²) in [5, 5.41) is 0. The minimum absolute atomic E-state index is 0.0690. The molecule has 1 fully saturated rings. The molecule has 0 radical (unpaired) electrons. The average molecular weight is 461 g/mol. The topological polar surface area (TPSA) is 127 Å². The number of unbranched alkanes of at least 4 members (excludes halogenated alkanes) is 1. The van der Waals surface area contributed by atoms with Crippen LogP contribution >= 0.6 is 0 Å². The van der Waals surface area contributed by atoms with Gasteiger partial charge in [0.25, 0.3) is 11.5 Å². The molecule has 9 nitrogen and oxygen atoms in total. The van der Waals surface area contributed by atoms with Gasteiger partial charge >= 0.3 is 11.7 Å². The summed E-state index contributed by atoms with van der Waals surface area (Å²) in [5.41, 5.74) is 5.42. The summed E-state index contributed by atoms with van der Waals surface area (Å²) >= 11 is 0. The van der Waals surface area contributed by atoms with E-state index < -0.39 is 35.7 Å². The van der Waals surface area contributed by atoms with E-state index in [4.69, 9.17) is 10.5 Å². The van der Waals surface area contributed by atoms with Gasteiger partial charge in [0.05, 0.1) is 5.92 Å². The predicted molar refractivity (Wildman–Crippen MR) is 121 cm³/mol. The SMILES string of the molecule is CCCCN(C(=O)COC(=O)C1CC1c1ccc(F)cc1)c1c(N)n(CCC)c(=O)[nH]c1=O. The van der Waals surface area contributed by atoms with Crippen LogP contribution in [-0.2, 0) is 20.9 Å². The van der Waals surface area contributed by atoms with E-state index in [0.29, 0.717) is 19.3 Å². The number of carbonyl (C=O) groups excluding carboxylic acids is 2. The van der Waals surface area contributed by atoms with Gasteiger partial charge in [-0.25, -0.2) is 9.18 Å². The quantitative estimate of drug-likeness (QED) is 0.523. The van der Waals surface area contributed by atoms with Gasteiger partial charge in [-0.1, -0.05) is 32.4 Å². The first-order chi connectivity index (χ1) is 15.8. The van der Waals surface area contributed by atoms with Crippen molar-refractivity contribution in [2.24, 2.45) is 5.92 Å². The molecule has 10 heteroatoms. The van der Waals surface area contributed by atoms with Crippen LogP contribution in [0.5, 0.6) is 0 Å². The highest BCUT2D eigenvalue weighted by molar-refractivity contribution is 5.97. The van der Waals surface area contributed by atoms with Crippen LogP contribution in [0.4, 0.5) is 15.9 Å². The number of rotatable bonds is 10. The molecule has 1 amide bonds.